The summed E-state index contributed by atoms with van der Waals surface area (Å²) >= 11 is 0. The molecular weight excluding hydrogens is 283 g/mol. The SMILES string of the molecule is Cn1cc(C(=O)Nc2ccccc2F)c(=O)c2ccccc21. The Balaban J connectivity index is 2.07. The Morgan fingerprint density at radius 2 is 1.77 bits per heavy atom. The number of fused-ring (bicyclic) bond motifs is 1. The van der Waals surface area contributed by atoms with Crippen LogP contribution in [0.1, 0.15) is 10.4 Å². The maximum absolute atomic E-state index is 13.6. The van der Waals surface area contributed by atoms with E-state index < -0.39 is 11.7 Å². The van der Waals surface area contributed by atoms with Crippen molar-refractivity contribution in [2.45, 2.75) is 0 Å². The van der Waals surface area contributed by atoms with Crippen LogP contribution in [0.2, 0.25) is 0 Å². The van der Waals surface area contributed by atoms with Crippen molar-refractivity contribution in [2.24, 2.45) is 7.05 Å². The molecule has 22 heavy (non-hydrogen) atoms. The van der Waals surface area contributed by atoms with E-state index >= 15 is 0 Å². The lowest BCUT2D eigenvalue weighted by Crippen LogP contribution is -2.23. The fourth-order valence-electron chi connectivity index (χ4n) is 2.35. The van der Waals surface area contributed by atoms with Gasteiger partial charge < -0.3 is 9.88 Å². The summed E-state index contributed by atoms with van der Waals surface area (Å²) in [6, 6.07) is 12.8. The van der Waals surface area contributed by atoms with E-state index in [4.69, 9.17) is 0 Å². The summed E-state index contributed by atoms with van der Waals surface area (Å²) in [4.78, 5) is 24.7. The van der Waals surface area contributed by atoms with E-state index in [-0.39, 0.29) is 16.7 Å². The summed E-state index contributed by atoms with van der Waals surface area (Å²) in [5, 5.41) is 2.88. The van der Waals surface area contributed by atoms with Crippen molar-refractivity contribution >= 4 is 22.5 Å². The Morgan fingerprint density at radius 3 is 2.55 bits per heavy atom. The van der Waals surface area contributed by atoms with Crippen molar-refractivity contribution in [1.29, 1.82) is 0 Å². The first-order valence-corrected chi connectivity index (χ1v) is 6.72. The Bertz CT molecular complexity index is 931. The summed E-state index contributed by atoms with van der Waals surface area (Å²) in [6.07, 6.45) is 1.46. The molecule has 0 aliphatic heterocycles. The van der Waals surface area contributed by atoms with Crippen LogP contribution < -0.4 is 10.7 Å². The van der Waals surface area contributed by atoms with E-state index in [1.165, 1.54) is 24.4 Å². The molecule has 0 aliphatic rings. The maximum atomic E-state index is 13.6. The maximum Gasteiger partial charge on any atom is 0.261 e. The van der Waals surface area contributed by atoms with Gasteiger partial charge in [0.1, 0.15) is 11.4 Å². The number of aryl methyl sites for hydroxylation is 1. The third-order valence-electron chi connectivity index (χ3n) is 3.46. The summed E-state index contributed by atoms with van der Waals surface area (Å²) in [5.41, 5.74) is 0.379. The molecule has 1 heterocycles. The van der Waals surface area contributed by atoms with Crippen molar-refractivity contribution in [3.8, 4) is 0 Å². The molecule has 1 amide bonds. The number of nitrogens with zero attached hydrogens (tertiary/aromatic N) is 1. The highest BCUT2D eigenvalue weighted by Gasteiger charge is 2.15. The van der Waals surface area contributed by atoms with Gasteiger partial charge in [-0.15, -0.1) is 0 Å². The monoisotopic (exact) mass is 296 g/mol. The predicted molar refractivity (Wildman–Crippen MR) is 83.5 cm³/mol. The number of para-hydroxylation sites is 2. The Morgan fingerprint density at radius 1 is 1.09 bits per heavy atom. The van der Waals surface area contributed by atoms with Gasteiger partial charge in [0.2, 0.25) is 5.43 Å². The number of aromatic nitrogens is 1. The van der Waals surface area contributed by atoms with Gasteiger partial charge in [0.25, 0.3) is 5.91 Å². The van der Waals surface area contributed by atoms with Crippen LogP contribution in [-0.2, 0) is 7.05 Å². The first-order chi connectivity index (χ1) is 10.6. The quantitative estimate of drug-likeness (QED) is 0.790. The van der Waals surface area contributed by atoms with Crippen LogP contribution in [-0.4, -0.2) is 10.5 Å². The highest BCUT2D eigenvalue weighted by Crippen LogP contribution is 2.15. The average Bonchev–Trinajstić information content (AvgIpc) is 2.53. The van der Waals surface area contributed by atoms with Crippen LogP contribution in [0.3, 0.4) is 0 Å². The number of hydrogen-bond acceptors (Lipinski definition) is 2. The molecule has 0 fully saturated rings. The van der Waals surface area contributed by atoms with Gasteiger partial charge in [0.15, 0.2) is 0 Å². The largest absolute Gasteiger partial charge is 0.350 e. The van der Waals surface area contributed by atoms with Crippen LogP contribution in [0.5, 0.6) is 0 Å². The zero-order valence-corrected chi connectivity index (χ0v) is 11.8. The van der Waals surface area contributed by atoms with E-state index in [1.807, 2.05) is 6.07 Å². The molecule has 0 bridgehead atoms. The highest BCUT2D eigenvalue weighted by atomic mass is 19.1. The van der Waals surface area contributed by atoms with Gasteiger partial charge in [-0.3, -0.25) is 9.59 Å². The minimum atomic E-state index is -0.628. The van der Waals surface area contributed by atoms with Crippen molar-refractivity contribution < 1.29 is 9.18 Å². The van der Waals surface area contributed by atoms with Crippen LogP contribution in [0.15, 0.2) is 59.5 Å². The van der Waals surface area contributed by atoms with Gasteiger partial charge in [-0.2, -0.15) is 0 Å². The number of nitrogens with one attached hydrogen (secondary N) is 1. The van der Waals surface area contributed by atoms with Gasteiger partial charge in [0.05, 0.1) is 11.2 Å². The second-order valence-electron chi connectivity index (χ2n) is 4.93. The van der Waals surface area contributed by atoms with Crippen molar-refractivity contribution in [2.75, 3.05) is 5.32 Å². The number of carbonyl (C=O) groups is 1. The number of anilines is 1. The summed E-state index contributed by atoms with van der Waals surface area (Å²) in [6.45, 7) is 0. The molecule has 3 rings (SSSR count). The highest BCUT2D eigenvalue weighted by molar-refractivity contribution is 6.05. The van der Waals surface area contributed by atoms with Gasteiger partial charge in [-0.05, 0) is 24.3 Å². The molecule has 110 valence electrons. The molecule has 0 saturated heterocycles. The zero-order chi connectivity index (χ0) is 15.7. The molecule has 4 nitrogen and oxygen atoms in total. The second-order valence-corrected chi connectivity index (χ2v) is 4.93. The Hall–Kier alpha value is -2.95. The molecule has 0 aliphatic carbocycles. The summed E-state index contributed by atoms with van der Waals surface area (Å²) in [5.74, 6) is -1.18. The average molecular weight is 296 g/mol. The van der Waals surface area contributed by atoms with E-state index in [2.05, 4.69) is 5.32 Å². The number of carbonyl (C=O) groups excluding carboxylic acids is 1. The fraction of sp³-hybridized carbons (Fsp3) is 0.0588. The molecule has 1 N–H and O–H groups in total. The van der Waals surface area contributed by atoms with E-state index in [0.29, 0.717) is 5.39 Å². The van der Waals surface area contributed by atoms with Crippen LogP contribution in [0, 0.1) is 5.82 Å². The van der Waals surface area contributed by atoms with Crippen LogP contribution in [0.25, 0.3) is 10.9 Å². The van der Waals surface area contributed by atoms with Crippen LogP contribution in [0.4, 0.5) is 10.1 Å². The normalized spacial score (nSPS) is 10.6. The number of hydrogen-bond donors (Lipinski definition) is 1. The van der Waals surface area contributed by atoms with Crippen LogP contribution >= 0.6 is 0 Å². The standard InChI is InChI=1S/C17H13FN2O2/c1-20-10-12(16(21)11-6-2-5-9-15(11)20)17(22)19-14-8-4-3-7-13(14)18/h2-10H,1H3,(H,19,22). The predicted octanol–water partition coefficient (Wildman–Crippen LogP) is 2.93. The number of amides is 1. The molecule has 0 unspecified atom stereocenters. The smallest absolute Gasteiger partial charge is 0.261 e. The zero-order valence-electron chi connectivity index (χ0n) is 11.8. The van der Waals surface area contributed by atoms with Crippen molar-refractivity contribution in [3.63, 3.8) is 0 Å². The summed E-state index contributed by atoms with van der Waals surface area (Å²) < 4.78 is 15.3. The third-order valence-corrected chi connectivity index (χ3v) is 3.46. The molecule has 0 atom stereocenters. The molecule has 0 radical (unpaired) electrons. The van der Waals surface area contributed by atoms with Crippen molar-refractivity contribution in [3.05, 3.63) is 76.3 Å². The Kier molecular flexibility index (Phi) is 3.47. The molecule has 1 aromatic heterocycles. The minimum absolute atomic E-state index is 0.0237. The molecule has 5 heteroatoms. The first kappa shape index (κ1) is 14.0. The number of halogens is 1. The molecular formula is C17H13FN2O2. The molecule has 0 saturated carbocycles. The summed E-state index contributed by atoms with van der Waals surface area (Å²) in [7, 11) is 1.75. The first-order valence-electron chi connectivity index (χ1n) is 6.72. The molecule has 3 aromatic rings. The lowest BCUT2D eigenvalue weighted by Gasteiger charge is -2.10. The van der Waals surface area contributed by atoms with Gasteiger partial charge in [-0.25, -0.2) is 4.39 Å². The van der Waals surface area contributed by atoms with Gasteiger partial charge in [0, 0.05) is 18.6 Å². The third kappa shape index (κ3) is 2.37. The number of rotatable bonds is 2. The number of pyridine rings is 1. The van der Waals surface area contributed by atoms with E-state index in [0.717, 1.165) is 5.52 Å². The van der Waals surface area contributed by atoms with Crippen molar-refractivity contribution in [1.82, 2.24) is 4.57 Å². The number of benzene rings is 2. The lowest BCUT2D eigenvalue weighted by atomic mass is 10.1. The van der Waals surface area contributed by atoms with E-state index in [9.17, 15) is 14.0 Å². The topological polar surface area (TPSA) is 51.1 Å². The fourth-order valence-corrected chi connectivity index (χ4v) is 2.35. The molecule has 2 aromatic carbocycles. The lowest BCUT2D eigenvalue weighted by molar-refractivity contribution is 0.102. The second kappa shape index (κ2) is 5.44. The van der Waals surface area contributed by atoms with Gasteiger partial charge in [-0.1, -0.05) is 24.3 Å². The molecule has 0 spiro atoms. The van der Waals surface area contributed by atoms with Gasteiger partial charge >= 0.3 is 0 Å². The Labute approximate surface area is 125 Å². The minimum Gasteiger partial charge on any atom is -0.350 e. The van der Waals surface area contributed by atoms with E-state index in [1.54, 1.807) is 35.9 Å².